The van der Waals surface area contributed by atoms with Gasteiger partial charge in [0.25, 0.3) is 0 Å². The molecule has 0 aliphatic heterocycles. The Hall–Kier alpha value is -1.70. The molecule has 0 N–H and O–H groups in total. The second kappa shape index (κ2) is 5.09. The zero-order valence-corrected chi connectivity index (χ0v) is 10.6. The predicted octanol–water partition coefficient (Wildman–Crippen LogP) is 3.65. The number of pyridine rings is 2. The van der Waals surface area contributed by atoms with Gasteiger partial charge in [0.15, 0.2) is 0 Å². The van der Waals surface area contributed by atoms with Crippen LogP contribution in [0.15, 0.2) is 36.7 Å². The topological polar surface area (TPSA) is 25.8 Å². The Morgan fingerprint density at radius 1 is 1.12 bits per heavy atom. The first-order chi connectivity index (χ1) is 8.16. The van der Waals surface area contributed by atoms with Gasteiger partial charge in [0, 0.05) is 23.7 Å². The average Bonchev–Trinajstić information content (AvgIpc) is 2.30. The minimum absolute atomic E-state index is 0.643. The van der Waals surface area contributed by atoms with Crippen LogP contribution in [0, 0.1) is 12.8 Å². The Morgan fingerprint density at radius 3 is 2.53 bits per heavy atom. The largest absolute Gasteiger partial charge is 0.261 e. The molecule has 0 saturated carbocycles. The van der Waals surface area contributed by atoms with E-state index in [0.717, 1.165) is 23.4 Å². The molecule has 2 heterocycles. The van der Waals surface area contributed by atoms with Crippen LogP contribution in [-0.4, -0.2) is 9.97 Å². The third kappa shape index (κ3) is 2.90. The van der Waals surface area contributed by atoms with Gasteiger partial charge in [-0.15, -0.1) is 0 Å². The van der Waals surface area contributed by atoms with Gasteiger partial charge in [0.05, 0.1) is 5.69 Å². The van der Waals surface area contributed by atoms with E-state index in [1.165, 1.54) is 5.56 Å². The van der Waals surface area contributed by atoms with Crippen molar-refractivity contribution in [2.75, 3.05) is 0 Å². The van der Waals surface area contributed by atoms with Crippen molar-refractivity contribution in [1.29, 1.82) is 0 Å². The SMILES string of the molecule is Cc1cccnc1-c1ccc(CC(C)C)nc1. The molecule has 0 aliphatic rings. The standard InChI is InChI=1S/C15H18N2/c1-11(2)9-14-7-6-13(10-17-14)15-12(3)5-4-8-16-15/h4-8,10-11H,9H2,1-3H3. The smallest absolute Gasteiger partial charge is 0.0746 e. The van der Waals surface area contributed by atoms with Gasteiger partial charge in [-0.05, 0) is 43.0 Å². The van der Waals surface area contributed by atoms with E-state index in [4.69, 9.17) is 0 Å². The van der Waals surface area contributed by atoms with Crippen LogP contribution in [0.4, 0.5) is 0 Å². The fraction of sp³-hybridized carbons (Fsp3) is 0.333. The van der Waals surface area contributed by atoms with E-state index < -0.39 is 0 Å². The highest BCUT2D eigenvalue weighted by Gasteiger charge is 2.04. The summed E-state index contributed by atoms with van der Waals surface area (Å²) in [5.41, 5.74) is 4.45. The molecule has 0 aliphatic carbocycles. The molecule has 0 bridgehead atoms. The molecule has 0 spiro atoms. The number of aryl methyl sites for hydroxylation is 1. The van der Waals surface area contributed by atoms with Crippen LogP contribution < -0.4 is 0 Å². The van der Waals surface area contributed by atoms with E-state index in [0.29, 0.717) is 5.92 Å². The Kier molecular flexibility index (Phi) is 3.52. The summed E-state index contributed by atoms with van der Waals surface area (Å²) in [6, 6.07) is 8.24. The summed E-state index contributed by atoms with van der Waals surface area (Å²) < 4.78 is 0. The maximum absolute atomic E-state index is 4.50. The van der Waals surface area contributed by atoms with E-state index in [1.54, 1.807) is 0 Å². The molecule has 17 heavy (non-hydrogen) atoms. The Bertz CT molecular complexity index is 487. The Balaban J connectivity index is 2.27. The summed E-state index contributed by atoms with van der Waals surface area (Å²) in [4.78, 5) is 8.90. The van der Waals surface area contributed by atoms with Crippen LogP contribution in [0.5, 0.6) is 0 Å². The Labute approximate surface area is 103 Å². The van der Waals surface area contributed by atoms with Crippen molar-refractivity contribution in [3.05, 3.63) is 47.9 Å². The zero-order valence-electron chi connectivity index (χ0n) is 10.6. The fourth-order valence-corrected chi connectivity index (χ4v) is 1.89. The van der Waals surface area contributed by atoms with Crippen LogP contribution in [0.25, 0.3) is 11.3 Å². The molecule has 0 atom stereocenters. The van der Waals surface area contributed by atoms with Crippen molar-refractivity contribution in [2.24, 2.45) is 5.92 Å². The molecule has 0 radical (unpaired) electrons. The lowest BCUT2D eigenvalue weighted by molar-refractivity contribution is 0.635. The van der Waals surface area contributed by atoms with E-state index in [2.05, 4.69) is 48.9 Å². The molecule has 0 amide bonds. The van der Waals surface area contributed by atoms with E-state index in [9.17, 15) is 0 Å². The predicted molar refractivity (Wildman–Crippen MR) is 70.7 cm³/mol. The van der Waals surface area contributed by atoms with E-state index >= 15 is 0 Å². The van der Waals surface area contributed by atoms with Gasteiger partial charge >= 0.3 is 0 Å². The Morgan fingerprint density at radius 2 is 1.94 bits per heavy atom. The van der Waals surface area contributed by atoms with Crippen molar-refractivity contribution in [3.8, 4) is 11.3 Å². The van der Waals surface area contributed by atoms with Crippen molar-refractivity contribution in [1.82, 2.24) is 9.97 Å². The summed E-state index contributed by atoms with van der Waals surface area (Å²) in [7, 11) is 0. The maximum Gasteiger partial charge on any atom is 0.0746 e. The van der Waals surface area contributed by atoms with Crippen LogP contribution in [0.2, 0.25) is 0 Å². The monoisotopic (exact) mass is 226 g/mol. The van der Waals surface area contributed by atoms with Crippen molar-refractivity contribution in [3.63, 3.8) is 0 Å². The number of rotatable bonds is 3. The first-order valence-corrected chi connectivity index (χ1v) is 6.03. The minimum atomic E-state index is 0.643. The summed E-state index contributed by atoms with van der Waals surface area (Å²) in [5.74, 6) is 0.643. The molecule has 88 valence electrons. The van der Waals surface area contributed by atoms with Crippen LogP contribution in [0.3, 0.4) is 0 Å². The molecule has 0 saturated heterocycles. The molecule has 2 nitrogen and oxygen atoms in total. The van der Waals surface area contributed by atoms with Crippen molar-refractivity contribution >= 4 is 0 Å². The highest BCUT2D eigenvalue weighted by atomic mass is 14.7. The first-order valence-electron chi connectivity index (χ1n) is 6.03. The van der Waals surface area contributed by atoms with Gasteiger partial charge in [-0.3, -0.25) is 9.97 Å². The average molecular weight is 226 g/mol. The normalized spacial score (nSPS) is 10.8. The highest BCUT2D eigenvalue weighted by Crippen LogP contribution is 2.20. The summed E-state index contributed by atoms with van der Waals surface area (Å²) in [5, 5.41) is 0. The molecular weight excluding hydrogens is 208 g/mol. The third-order valence-electron chi connectivity index (χ3n) is 2.73. The first kappa shape index (κ1) is 11.8. The number of hydrogen-bond donors (Lipinski definition) is 0. The minimum Gasteiger partial charge on any atom is -0.261 e. The zero-order chi connectivity index (χ0) is 12.3. The lowest BCUT2D eigenvalue weighted by Crippen LogP contribution is -1.97. The van der Waals surface area contributed by atoms with Crippen molar-refractivity contribution < 1.29 is 0 Å². The van der Waals surface area contributed by atoms with Gasteiger partial charge in [0.1, 0.15) is 0 Å². The molecule has 0 unspecified atom stereocenters. The van der Waals surface area contributed by atoms with Gasteiger partial charge in [-0.25, -0.2) is 0 Å². The van der Waals surface area contributed by atoms with Crippen LogP contribution in [-0.2, 0) is 6.42 Å². The number of aromatic nitrogens is 2. The molecule has 2 aromatic heterocycles. The quantitative estimate of drug-likeness (QED) is 0.798. The van der Waals surface area contributed by atoms with Crippen LogP contribution >= 0.6 is 0 Å². The van der Waals surface area contributed by atoms with E-state index in [1.807, 2.05) is 18.5 Å². The molecule has 2 rings (SSSR count). The molecule has 2 aromatic rings. The third-order valence-corrected chi connectivity index (χ3v) is 2.73. The van der Waals surface area contributed by atoms with Gasteiger partial charge in [0.2, 0.25) is 0 Å². The highest BCUT2D eigenvalue weighted by molar-refractivity contribution is 5.61. The fourth-order valence-electron chi connectivity index (χ4n) is 1.89. The van der Waals surface area contributed by atoms with Gasteiger partial charge in [-0.2, -0.15) is 0 Å². The maximum atomic E-state index is 4.50. The lowest BCUT2D eigenvalue weighted by Gasteiger charge is -2.07. The van der Waals surface area contributed by atoms with Crippen molar-refractivity contribution in [2.45, 2.75) is 27.2 Å². The molecule has 0 aromatic carbocycles. The summed E-state index contributed by atoms with van der Waals surface area (Å²) >= 11 is 0. The summed E-state index contributed by atoms with van der Waals surface area (Å²) in [6.45, 7) is 6.49. The number of nitrogens with zero attached hydrogens (tertiary/aromatic N) is 2. The molecular formula is C15H18N2. The molecule has 0 fully saturated rings. The van der Waals surface area contributed by atoms with Gasteiger partial charge < -0.3 is 0 Å². The molecule has 2 heteroatoms. The van der Waals surface area contributed by atoms with E-state index in [-0.39, 0.29) is 0 Å². The van der Waals surface area contributed by atoms with Gasteiger partial charge in [-0.1, -0.05) is 19.9 Å². The summed E-state index contributed by atoms with van der Waals surface area (Å²) in [6.07, 6.45) is 4.78. The second-order valence-corrected chi connectivity index (χ2v) is 4.81. The lowest BCUT2D eigenvalue weighted by atomic mass is 10.1. The second-order valence-electron chi connectivity index (χ2n) is 4.81. The van der Waals surface area contributed by atoms with Crippen LogP contribution in [0.1, 0.15) is 25.1 Å². The number of hydrogen-bond acceptors (Lipinski definition) is 2.